The summed E-state index contributed by atoms with van der Waals surface area (Å²) in [7, 11) is 0. The molecule has 1 saturated carbocycles. The molecule has 0 bridgehead atoms. The van der Waals surface area contributed by atoms with Crippen LogP contribution in [0.5, 0.6) is 0 Å². The largest absolute Gasteiger partial charge is 0.330 e. The lowest BCUT2D eigenvalue weighted by Gasteiger charge is -2.40. The van der Waals surface area contributed by atoms with Gasteiger partial charge in [-0.05, 0) is 43.1 Å². The van der Waals surface area contributed by atoms with Crippen molar-refractivity contribution < 1.29 is 0 Å². The molecule has 0 radical (unpaired) electrons. The first-order valence-corrected chi connectivity index (χ1v) is 7.46. The van der Waals surface area contributed by atoms with E-state index in [0.717, 1.165) is 30.2 Å². The minimum Gasteiger partial charge on any atom is -0.330 e. The van der Waals surface area contributed by atoms with E-state index in [1.165, 1.54) is 44.9 Å². The molecule has 16 heavy (non-hydrogen) atoms. The predicted molar refractivity (Wildman–Crippen MR) is 72.4 cm³/mol. The van der Waals surface area contributed by atoms with Crippen LogP contribution >= 0.6 is 0 Å². The van der Waals surface area contributed by atoms with Crippen LogP contribution in [0.1, 0.15) is 65.7 Å². The van der Waals surface area contributed by atoms with Crippen molar-refractivity contribution in [3.8, 4) is 0 Å². The van der Waals surface area contributed by atoms with Gasteiger partial charge in [0.15, 0.2) is 0 Å². The van der Waals surface area contributed by atoms with E-state index >= 15 is 0 Å². The van der Waals surface area contributed by atoms with Crippen LogP contribution in [0.25, 0.3) is 0 Å². The van der Waals surface area contributed by atoms with Crippen LogP contribution in [0, 0.1) is 23.7 Å². The van der Waals surface area contributed by atoms with Gasteiger partial charge in [-0.2, -0.15) is 0 Å². The summed E-state index contributed by atoms with van der Waals surface area (Å²) in [6, 6.07) is 0. The smallest absolute Gasteiger partial charge is 0.00461 e. The van der Waals surface area contributed by atoms with Crippen molar-refractivity contribution >= 4 is 0 Å². The van der Waals surface area contributed by atoms with Crippen molar-refractivity contribution in [1.29, 1.82) is 0 Å². The predicted octanol–water partition coefficient (Wildman–Crippen LogP) is 4.21. The fraction of sp³-hybridized carbons (Fsp3) is 1.00. The second kappa shape index (κ2) is 7.32. The van der Waals surface area contributed by atoms with Crippen molar-refractivity contribution in [2.45, 2.75) is 65.7 Å². The topological polar surface area (TPSA) is 26.0 Å². The maximum Gasteiger partial charge on any atom is -0.00461 e. The Hall–Kier alpha value is -0.0400. The minimum absolute atomic E-state index is 0.818. The number of hydrogen-bond acceptors (Lipinski definition) is 1. The van der Waals surface area contributed by atoms with Gasteiger partial charge in [-0.25, -0.2) is 0 Å². The Balaban J connectivity index is 2.59. The molecule has 1 rings (SSSR count). The second-order valence-corrected chi connectivity index (χ2v) is 5.70. The van der Waals surface area contributed by atoms with E-state index in [9.17, 15) is 0 Å². The maximum absolute atomic E-state index is 5.96. The summed E-state index contributed by atoms with van der Waals surface area (Å²) in [5, 5.41) is 0. The highest BCUT2D eigenvalue weighted by molar-refractivity contribution is 4.84. The Labute approximate surface area is 102 Å². The van der Waals surface area contributed by atoms with Gasteiger partial charge in [0.1, 0.15) is 0 Å². The molecule has 3 atom stereocenters. The van der Waals surface area contributed by atoms with Crippen LogP contribution < -0.4 is 5.73 Å². The van der Waals surface area contributed by atoms with E-state index in [0.29, 0.717) is 0 Å². The van der Waals surface area contributed by atoms with Gasteiger partial charge in [-0.3, -0.25) is 0 Å². The van der Waals surface area contributed by atoms with Gasteiger partial charge in [0.25, 0.3) is 0 Å². The molecule has 0 amide bonds. The van der Waals surface area contributed by atoms with Gasteiger partial charge in [0.05, 0.1) is 0 Å². The van der Waals surface area contributed by atoms with Crippen molar-refractivity contribution in [3.63, 3.8) is 0 Å². The number of nitrogens with two attached hydrogens (primary N) is 1. The fourth-order valence-electron chi connectivity index (χ4n) is 3.79. The van der Waals surface area contributed by atoms with Gasteiger partial charge in [0.2, 0.25) is 0 Å². The molecule has 0 aromatic heterocycles. The number of rotatable bonds is 6. The summed E-state index contributed by atoms with van der Waals surface area (Å²) in [5.74, 6) is 3.66. The highest BCUT2D eigenvalue weighted by Gasteiger charge is 2.32. The highest BCUT2D eigenvalue weighted by atomic mass is 14.6. The van der Waals surface area contributed by atoms with Crippen LogP contribution in [0.2, 0.25) is 0 Å². The first-order chi connectivity index (χ1) is 7.76. The average Bonchev–Trinajstić information content (AvgIpc) is 2.31. The van der Waals surface area contributed by atoms with Crippen LogP contribution in [0.15, 0.2) is 0 Å². The molecule has 0 aromatic carbocycles. The lowest BCUT2D eigenvalue weighted by Crippen LogP contribution is -2.34. The summed E-state index contributed by atoms with van der Waals surface area (Å²) < 4.78 is 0. The molecule has 3 unspecified atom stereocenters. The van der Waals surface area contributed by atoms with Crippen molar-refractivity contribution in [3.05, 3.63) is 0 Å². The molecule has 0 spiro atoms. The van der Waals surface area contributed by atoms with Crippen LogP contribution in [-0.4, -0.2) is 6.54 Å². The summed E-state index contributed by atoms with van der Waals surface area (Å²) >= 11 is 0. The zero-order valence-electron chi connectivity index (χ0n) is 11.5. The summed E-state index contributed by atoms with van der Waals surface area (Å²) in [6.45, 7) is 7.94. The van der Waals surface area contributed by atoms with Gasteiger partial charge in [-0.15, -0.1) is 0 Å². The third kappa shape index (κ3) is 3.48. The van der Waals surface area contributed by atoms with Crippen molar-refractivity contribution in [1.82, 2.24) is 0 Å². The molecule has 1 aliphatic rings. The normalized spacial score (nSPS) is 30.9. The molecule has 1 aliphatic carbocycles. The van der Waals surface area contributed by atoms with E-state index < -0.39 is 0 Å². The zero-order chi connectivity index (χ0) is 12.0. The lowest BCUT2D eigenvalue weighted by molar-refractivity contribution is 0.114. The van der Waals surface area contributed by atoms with E-state index in [1.54, 1.807) is 0 Å². The molecule has 0 saturated heterocycles. The monoisotopic (exact) mass is 225 g/mol. The van der Waals surface area contributed by atoms with Gasteiger partial charge >= 0.3 is 0 Å². The van der Waals surface area contributed by atoms with Crippen LogP contribution in [0.4, 0.5) is 0 Å². The van der Waals surface area contributed by atoms with E-state index in [4.69, 9.17) is 5.73 Å². The molecule has 0 aromatic rings. The summed E-state index contributed by atoms with van der Waals surface area (Å²) in [5.41, 5.74) is 5.96. The van der Waals surface area contributed by atoms with E-state index in [-0.39, 0.29) is 0 Å². The first-order valence-electron chi connectivity index (χ1n) is 7.46. The molecule has 1 nitrogen and oxygen atoms in total. The first kappa shape index (κ1) is 14.0. The molecule has 1 heteroatoms. The Bertz CT molecular complexity index is 167. The highest BCUT2D eigenvalue weighted by Crippen LogP contribution is 2.41. The lowest BCUT2D eigenvalue weighted by atomic mass is 9.66. The standard InChI is InChI=1S/C15H31N/c1-4-7-12-8-9-14(11-16)15(10-12)13(5-2)6-3/h12-15H,4-11,16H2,1-3H3. The summed E-state index contributed by atoms with van der Waals surface area (Å²) in [4.78, 5) is 0. The Morgan fingerprint density at radius 3 is 2.31 bits per heavy atom. The second-order valence-electron chi connectivity index (χ2n) is 5.70. The Kier molecular flexibility index (Phi) is 6.41. The Morgan fingerprint density at radius 1 is 1.12 bits per heavy atom. The van der Waals surface area contributed by atoms with E-state index in [2.05, 4.69) is 20.8 Å². The molecule has 0 aliphatic heterocycles. The average molecular weight is 225 g/mol. The molecule has 2 N–H and O–H groups in total. The van der Waals surface area contributed by atoms with Crippen molar-refractivity contribution in [2.75, 3.05) is 6.54 Å². The van der Waals surface area contributed by atoms with Crippen LogP contribution in [-0.2, 0) is 0 Å². The third-order valence-electron chi connectivity index (χ3n) is 4.81. The van der Waals surface area contributed by atoms with Crippen molar-refractivity contribution in [2.24, 2.45) is 29.4 Å². The van der Waals surface area contributed by atoms with Gasteiger partial charge in [0, 0.05) is 0 Å². The fourth-order valence-corrected chi connectivity index (χ4v) is 3.79. The SMILES string of the molecule is CCCC1CCC(CN)C(C(CC)CC)C1. The van der Waals surface area contributed by atoms with Gasteiger partial charge < -0.3 is 5.73 Å². The maximum atomic E-state index is 5.96. The molecular weight excluding hydrogens is 194 g/mol. The van der Waals surface area contributed by atoms with E-state index in [1.807, 2.05) is 0 Å². The van der Waals surface area contributed by atoms with Gasteiger partial charge in [-0.1, -0.05) is 52.9 Å². The zero-order valence-corrected chi connectivity index (χ0v) is 11.5. The number of hydrogen-bond donors (Lipinski definition) is 1. The quantitative estimate of drug-likeness (QED) is 0.720. The third-order valence-corrected chi connectivity index (χ3v) is 4.81. The summed E-state index contributed by atoms with van der Waals surface area (Å²) in [6.07, 6.45) is 9.77. The molecule has 0 heterocycles. The Morgan fingerprint density at radius 2 is 1.81 bits per heavy atom. The molecular formula is C15H31N. The molecule has 1 fully saturated rings. The molecule has 96 valence electrons. The minimum atomic E-state index is 0.818. The van der Waals surface area contributed by atoms with Crippen LogP contribution in [0.3, 0.4) is 0 Å².